The Kier molecular flexibility index (Phi) is 2.40. The number of hydrogen-bond donors (Lipinski definition) is 1. The van der Waals surface area contributed by atoms with E-state index in [9.17, 15) is 4.79 Å². The van der Waals surface area contributed by atoms with Crippen molar-refractivity contribution in [3.05, 3.63) is 0 Å². The monoisotopic (exact) mass is 274 g/mol. The summed E-state index contributed by atoms with van der Waals surface area (Å²) in [5.74, 6) is 5.64. The van der Waals surface area contributed by atoms with Gasteiger partial charge in [-0.25, -0.2) is 0 Å². The molecule has 110 valence electrons. The minimum atomic E-state index is 0.349. The van der Waals surface area contributed by atoms with E-state index >= 15 is 0 Å². The van der Waals surface area contributed by atoms with Crippen molar-refractivity contribution < 1.29 is 4.79 Å². The summed E-state index contributed by atoms with van der Waals surface area (Å²) in [7, 11) is 0. The molecule has 5 aliphatic rings. The molecule has 0 aromatic heterocycles. The fourth-order valence-electron chi connectivity index (χ4n) is 6.56. The number of amides is 1. The Morgan fingerprint density at radius 1 is 0.950 bits per heavy atom. The second-order valence-corrected chi connectivity index (χ2v) is 8.28. The van der Waals surface area contributed by atoms with Crippen LogP contribution in [0.1, 0.15) is 38.5 Å². The molecule has 7 unspecified atom stereocenters. The van der Waals surface area contributed by atoms with Gasteiger partial charge in [0.15, 0.2) is 0 Å². The average Bonchev–Trinajstić information content (AvgIpc) is 2.84. The number of carbonyl (C=O) groups excluding carboxylic acids is 1. The van der Waals surface area contributed by atoms with Crippen LogP contribution in [-0.4, -0.2) is 29.9 Å². The van der Waals surface area contributed by atoms with E-state index in [4.69, 9.17) is 5.73 Å². The van der Waals surface area contributed by atoms with Crippen molar-refractivity contribution in [2.75, 3.05) is 13.1 Å². The Morgan fingerprint density at radius 3 is 2.40 bits per heavy atom. The van der Waals surface area contributed by atoms with Gasteiger partial charge < -0.3 is 10.6 Å². The van der Waals surface area contributed by atoms with Crippen molar-refractivity contribution in [2.24, 2.45) is 47.2 Å². The molecule has 5 rings (SSSR count). The van der Waals surface area contributed by atoms with Crippen molar-refractivity contribution in [1.82, 2.24) is 4.90 Å². The van der Waals surface area contributed by atoms with Gasteiger partial charge in [0.25, 0.3) is 0 Å². The summed E-state index contributed by atoms with van der Waals surface area (Å²) in [6.07, 6.45) is 7.99. The lowest BCUT2D eigenvalue weighted by Gasteiger charge is -2.29. The Morgan fingerprint density at radius 2 is 1.70 bits per heavy atom. The third kappa shape index (κ3) is 1.48. The summed E-state index contributed by atoms with van der Waals surface area (Å²) in [6, 6.07) is 0.349. The number of carbonyl (C=O) groups is 1. The van der Waals surface area contributed by atoms with Gasteiger partial charge in [-0.3, -0.25) is 4.79 Å². The molecule has 1 aliphatic heterocycles. The van der Waals surface area contributed by atoms with Crippen molar-refractivity contribution in [1.29, 1.82) is 0 Å². The Hall–Kier alpha value is -0.570. The molecule has 1 amide bonds. The van der Waals surface area contributed by atoms with Gasteiger partial charge in [-0.15, -0.1) is 0 Å². The maximum atomic E-state index is 12.9. The molecule has 1 heterocycles. The predicted molar refractivity (Wildman–Crippen MR) is 76.7 cm³/mol. The molecule has 0 aromatic carbocycles. The molecular weight excluding hydrogens is 248 g/mol. The SMILES string of the molecule is NC1CCCC2CN(C(=O)C3C4C5CCC(C5)C34)CC12. The van der Waals surface area contributed by atoms with Crippen LogP contribution in [-0.2, 0) is 4.79 Å². The van der Waals surface area contributed by atoms with E-state index in [0.29, 0.717) is 29.7 Å². The maximum absolute atomic E-state index is 12.9. The summed E-state index contributed by atoms with van der Waals surface area (Å²) in [6.45, 7) is 1.98. The molecule has 0 radical (unpaired) electrons. The minimum Gasteiger partial charge on any atom is -0.342 e. The first-order valence-electron chi connectivity index (χ1n) is 8.78. The highest BCUT2D eigenvalue weighted by molar-refractivity contribution is 5.83. The predicted octanol–water partition coefficient (Wildman–Crippen LogP) is 1.86. The number of hydrogen-bond acceptors (Lipinski definition) is 2. The van der Waals surface area contributed by atoms with Gasteiger partial charge in [0, 0.05) is 25.0 Å². The van der Waals surface area contributed by atoms with Crippen LogP contribution >= 0.6 is 0 Å². The van der Waals surface area contributed by atoms with Crippen LogP contribution < -0.4 is 5.73 Å². The molecule has 1 saturated heterocycles. The van der Waals surface area contributed by atoms with E-state index in [-0.39, 0.29) is 0 Å². The molecule has 20 heavy (non-hydrogen) atoms. The van der Waals surface area contributed by atoms with E-state index in [1.165, 1.54) is 38.5 Å². The lowest BCUT2D eigenvalue weighted by molar-refractivity contribution is -0.132. The van der Waals surface area contributed by atoms with Crippen molar-refractivity contribution in [3.63, 3.8) is 0 Å². The third-order valence-electron chi connectivity index (χ3n) is 7.49. The van der Waals surface area contributed by atoms with Crippen molar-refractivity contribution in [2.45, 2.75) is 44.6 Å². The molecule has 0 aromatic rings. The van der Waals surface area contributed by atoms with E-state index in [2.05, 4.69) is 4.90 Å². The smallest absolute Gasteiger partial charge is 0.226 e. The summed E-state index contributed by atoms with van der Waals surface area (Å²) in [5, 5.41) is 0. The van der Waals surface area contributed by atoms with Gasteiger partial charge in [-0.2, -0.15) is 0 Å². The van der Waals surface area contributed by atoms with Crippen LogP contribution in [0.2, 0.25) is 0 Å². The van der Waals surface area contributed by atoms with Gasteiger partial charge in [-0.05, 0) is 67.6 Å². The lowest BCUT2D eigenvalue weighted by Crippen LogP contribution is -2.38. The fourth-order valence-corrected chi connectivity index (χ4v) is 6.56. The second-order valence-electron chi connectivity index (χ2n) is 8.28. The maximum Gasteiger partial charge on any atom is 0.226 e. The second kappa shape index (κ2) is 4.00. The Balaban J connectivity index is 1.29. The average molecular weight is 274 g/mol. The van der Waals surface area contributed by atoms with Gasteiger partial charge >= 0.3 is 0 Å². The first-order valence-corrected chi connectivity index (χ1v) is 8.78. The van der Waals surface area contributed by atoms with Gasteiger partial charge in [0.2, 0.25) is 5.91 Å². The highest BCUT2D eigenvalue weighted by atomic mass is 16.2. The topological polar surface area (TPSA) is 46.3 Å². The zero-order valence-electron chi connectivity index (χ0n) is 12.2. The summed E-state index contributed by atoms with van der Waals surface area (Å²) < 4.78 is 0. The van der Waals surface area contributed by atoms with Crippen LogP contribution in [0, 0.1) is 41.4 Å². The van der Waals surface area contributed by atoms with Crippen LogP contribution in [0.5, 0.6) is 0 Å². The zero-order valence-corrected chi connectivity index (χ0v) is 12.2. The first kappa shape index (κ1) is 12.0. The van der Waals surface area contributed by atoms with E-state index < -0.39 is 0 Å². The Labute approximate surface area is 121 Å². The summed E-state index contributed by atoms with van der Waals surface area (Å²) in [4.78, 5) is 15.1. The molecule has 0 spiro atoms. The molecule has 4 saturated carbocycles. The van der Waals surface area contributed by atoms with Gasteiger partial charge in [0.05, 0.1) is 0 Å². The number of rotatable bonds is 1. The number of fused-ring (bicyclic) bond motifs is 6. The van der Waals surface area contributed by atoms with Crippen LogP contribution in [0.25, 0.3) is 0 Å². The van der Waals surface area contributed by atoms with E-state index in [0.717, 1.165) is 36.8 Å². The molecule has 3 heteroatoms. The summed E-state index contributed by atoms with van der Waals surface area (Å²) in [5.41, 5.74) is 6.28. The lowest BCUT2D eigenvalue weighted by atomic mass is 9.78. The van der Waals surface area contributed by atoms with Crippen LogP contribution in [0.3, 0.4) is 0 Å². The fraction of sp³-hybridized carbons (Fsp3) is 0.941. The number of nitrogens with zero attached hydrogens (tertiary/aromatic N) is 1. The standard InChI is InChI=1S/C17H26N2O/c18-13-3-1-2-11-7-19(8-12(11)13)17(20)16-14-9-4-5-10(6-9)15(14)16/h9-16H,1-8,18H2. The zero-order chi connectivity index (χ0) is 13.4. The molecule has 2 N–H and O–H groups in total. The molecule has 5 fully saturated rings. The van der Waals surface area contributed by atoms with Crippen molar-refractivity contribution in [3.8, 4) is 0 Å². The number of likely N-dealkylation sites (tertiary alicyclic amines) is 1. The van der Waals surface area contributed by atoms with Crippen LogP contribution in [0.15, 0.2) is 0 Å². The first-order chi connectivity index (χ1) is 9.74. The minimum absolute atomic E-state index is 0.349. The molecule has 7 atom stereocenters. The van der Waals surface area contributed by atoms with E-state index in [1.54, 1.807) is 0 Å². The largest absolute Gasteiger partial charge is 0.342 e. The molecule has 3 nitrogen and oxygen atoms in total. The van der Waals surface area contributed by atoms with E-state index in [1.807, 2.05) is 0 Å². The molecule has 4 aliphatic carbocycles. The van der Waals surface area contributed by atoms with Gasteiger partial charge in [0.1, 0.15) is 0 Å². The van der Waals surface area contributed by atoms with Crippen molar-refractivity contribution >= 4 is 5.91 Å². The Bertz CT molecular complexity index is 434. The quantitative estimate of drug-likeness (QED) is 0.793. The highest BCUT2D eigenvalue weighted by Crippen LogP contribution is 2.69. The molecule has 2 bridgehead atoms. The number of nitrogens with two attached hydrogens (primary N) is 1. The third-order valence-corrected chi connectivity index (χ3v) is 7.49. The highest BCUT2D eigenvalue weighted by Gasteiger charge is 2.68. The van der Waals surface area contributed by atoms with Gasteiger partial charge in [-0.1, -0.05) is 6.42 Å². The van der Waals surface area contributed by atoms with Crippen LogP contribution in [0.4, 0.5) is 0 Å². The summed E-state index contributed by atoms with van der Waals surface area (Å²) >= 11 is 0. The molecular formula is C17H26N2O. The normalized spacial score (nSPS) is 55.8.